The van der Waals surface area contributed by atoms with Crippen molar-refractivity contribution in [2.75, 3.05) is 26.4 Å². The lowest BCUT2D eigenvalue weighted by Gasteiger charge is -2.20. The Morgan fingerprint density at radius 2 is 1.30 bits per heavy atom. The Balaban J connectivity index is 2.57. The van der Waals surface area contributed by atoms with Crippen molar-refractivity contribution in [3.8, 4) is 0 Å². The minimum absolute atomic E-state index is 0.0474. The summed E-state index contributed by atoms with van der Waals surface area (Å²) in [6, 6.07) is 0. The third kappa shape index (κ3) is 29.3. The molecule has 1 unspecified atom stereocenters. The van der Waals surface area contributed by atoms with Crippen molar-refractivity contribution >= 4 is 19.8 Å². The van der Waals surface area contributed by atoms with Crippen LogP contribution in [0.25, 0.3) is 0 Å². The van der Waals surface area contributed by atoms with Gasteiger partial charge in [0, 0.05) is 18.8 Å². The molecule has 60 heavy (non-hydrogen) atoms. The first kappa shape index (κ1) is 55.0. The second kappa shape index (κ2) is 35.6. The number of ether oxygens (including phenoxy) is 2. The Hall–Kier alpha value is -2.97. The molecule has 14 heteroatoms. The largest absolute Gasteiger partial charge is 0.472 e. The second-order valence-corrected chi connectivity index (χ2v) is 16.5. The van der Waals surface area contributed by atoms with Gasteiger partial charge in [-0.1, -0.05) is 131 Å². The number of aliphatic hydroxyl groups is 5. The molecule has 1 saturated carbocycles. The Labute approximate surface area is 358 Å². The van der Waals surface area contributed by atoms with Gasteiger partial charge in [-0.25, -0.2) is 4.57 Å². The highest BCUT2D eigenvalue weighted by Gasteiger charge is 2.39. The summed E-state index contributed by atoms with van der Waals surface area (Å²) in [7, 11) is -4.73. The van der Waals surface area contributed by atoms with E-state index in [2.05, 4.69) is 60.9 Å². The maximum Gasteiger partial charge on any atom is 0.472 e. The molecule has 1 rings (SSSR count). The molecule has 0 aromatic heterocycles. The zero-order valence-electron chi connectivity index (χ0n) is 36.0. The molecule has 0 amide bonds. The lowest BCUT2D eigenvalue weighted by atomic mass is 9.89. The summed E-state index contributed by atoms with van der Waals surface area (Å²) < 4.78 is 32.6. The topological polar surface area (TPSA) is 210 Å². The number of hydrogen-bond donors (Lipinski definition) is 6. The molecule has 8 atom stereocenters. The number of carbonyl (C=O) groups excluding carboxylic acids is 2. The fourth-order valence-corrected chi connectivity index (χ4v) is 6.97. The summed E-state index contributed by atoms with van der Waals surface area (Å²) in [5, 5.41) is 49.7. The molecule has 0 aromatic carbocycles. The molecule has 0 saturated heterocycles. The minimum Gasteiger partial charge on any atom is -0.462 e. The van der Waals surface area contributed by atoms with Crippen LogP contribution in [0.5, 0.6) is 0 Å². The Bertz CT molecular complexity index is 1390. The van der Waals surface area contributed by atoms with Crippen molar-refractivity contribution in [3.63, 3.8) is 0 Å². The van der Waals surface area contributed by atoms with Crippen LogP contribution in [0, 0.1) is 11.8 Å². The van der Waals surface area contributed by atoms with Gasteiger partial charge < -0.3 is 39.9 Å². The lowest BCUT2D eigenvalue weighted by Crippen LogP contribution is -2.29. The van der Waals surface area contributed by atoms with Crippen LogP contribution in [0.2, 0.25) is 0 Å². The fourth-order valence-electron chi connectivity index (χ4n) is 6.18. The lowest BCUT2D eigenvalue weighted by molar-refractivity contribution is -0.160. The van der Waals surface area contributed by atoms with Gasteiger partial charge in [-0.15, -0.1) is 0 Å². The molecule has 13 nitrogen and oxygen atoms in total. The standard InChI is InChI=1S/C46H75O13P/c1-3-5-7-8-9-10-11-12-13-14-15-16-17-18-19-20-21-22-24-29-45(52)56-36-40(37-58-60(54,55)57-35-39(49)34-47)59-46(53)30-26-25-28-41-42(44(51)33-43(41)50)32-31-38(48)27-23-6-4-2/h9-10,12-13,15-16,18-19,21-22,25-26,31-32,38-44,47-51H,3-8,11,14,17,20,23-24,27-30,33-37H2,1-2H3,(H,54,55)/b10-9-,13-12-,16-15-,19-18-,22-21-,26-25-,32-31+/t38-,39+,40-,41+,42-,43+,44-/m1/s1. The molecule has 6 N–H and O–H groups in total. The van der Waals surface area contributed by atoms with Crippen LogP contribution >= 0.6 is 7.82 Å². The number of allylic oxidation sites excluding steroid dienone is 11. The number of unbranched alkanes of at least 4 members (excludes halogenated alkanes) is 5. The van der Waals surface area contributed by atoms with Gasteiger partial charge >= 0.3 is 19.8 Å². The molecule has 0 heterocycles. The Kier molecular flexibility index (Phi) is 32.7. The van der Waals surface area contributed by atoms with Crippen LogP contribution < -0.4 is 0 Å². The maximum absolute atomic E-state index is 12.8. The number of phosphoric acid groups is 1. The molecule has 0 radical (unpaired) electrons. The fraction of sp³-hybridized carbons (Fsp3) is 0.652. The van der Waals surface area contributed by atoms with E-state index in [0.717, 1.165) is 44.9 Å². The zero-order valence-corrected chi connectivity index (χ0v) is 36.9. The normalized spacial score (nSPS) is 21.4. The summed E-state index contributed by atoms with van der Waals surface area (Å²) in [4.78, 5) is 35.2. The van der Waals surface area contributed by atoms with Crippen molar-refractivity contribution in [2.24, 2.45) is 11.8 Å². The van der Waals surface area contributed by atoms with Crippen LogP contribution in [-0.4, -0.2) is 99.3 Å². The Morgan fingerprint density at radius 3 is 1.92 bits per heavy atom. The van der Waals surface area contributed by atoms with E-state index in [4.69, 9.17) is 19.1 Å². The highest BCUT2D eigenvalue weighted by molar-refractivity contribution is 7.47. The first-order valence-electron chi connectivity index (χ1n) is 21.8. The average Bonchev–Trinajstić information content (AvgIpc) is 3.50. The van der Waals surface area contributed by atoms with Gasteiger partial charge in [-0.2, -0.15) is 0 Å². The van der Waals surface area contributed by atoms with Crippen molar-refractivity contribution in [2.45, 2.75) is 154 Å². The quantitative estimate of drug-likeness (QED) is 0.0156. The summed E-state index contributed by atoms with van der Waals surface area (Å²) in [5.74, 6) is -2.03. The second-order valence-electron chi connectivity index (χ2n) is 15.0. The molecule has 1 aliphatic rings. The predicted octanol–water partition coefficient (Wildman–Crippen LogP) is 7.82. The first-order chi connectivity index (χ1) is 28.9. The maximum atomic E-state index is 12.8. The highest BCUT2D eigenvalue weighted by atomic mass is 31.2. The van der Waals surface area contributed by atoms with Crippen LogP contribution in [-0.2, 0) is 32.7 Å². The van der Waals surface area contributed by atoms with E-state index in [9.17, 15) is 39.5 Å². The molecule has 0 aromatic rings. The first-order valence-corrected chi connectivity index (χ1v) is 23.3. The van der Waals surface area contributed by atoms with Gasteiger partial charge in [0.1, 0.15) is 12.7 Å². The average molecular weight is 867 g/mol. The number of hydrogen-bond acceptors (Lipinski definition) is 12. The van der Waals surface area contributed by atoms with E-state index < -0.39 is 76.7 Å². The van der Waals surface area contributed by atoms with Gasteiger partial charge in [0.05, 0.1) is 44.6 Å². The van der Waals surface area contributed by atoms with Gasteiger partial charge in [-0.05, 0) is 63.7 Å². The van der Waals surface area contributed by atoms with Gasteiger partial charge in [0.25, 0.3) is 0 Å². The zero-order chi connectivity index (χ0) is 44.3. The van der Waals surface area contributed by atoms with E-state index in [0.29, 0.717) is 25.7 Å². The molecular weight excluding hydrogens is 791 g/mol. The number of carbonyl (C=O) groups is 2. The third-order valence-corrected chi connectivity index (χ3v) is 10.6. The number of aliphatic hydroxyl groups excluding tert-OH is 5. The molecular formula is C46H75O13P. The smallest absolute Gasteiger partial charge is 0.462 e. The number of esters is 2. The summed E-state index contributed by atoms with van der Waals surface area (Å²) in [6.45, 7) is 1.76. The van der Waals surface area contributed by atoms with Gasteiger partial charge in [-0.3, -0.25) is 18.6 Å². The van der Waals surface area contributed by atoms with Gasteiger partial charge in [0.15, 0.2) is 6.10 Å². The number of rotatable bonds is 35. The van der Waals surface area contributed by atoms with E-state index in [1.165, 1.54) is 25.3 Å². The predicted molar refractivity (Wildman–Crippen MR) is 234 cm³/mol. The SMILES string of the molecule is CCCCC/C=C\C/C=C\C/C=C\C/C=C\C/C=C\CCC(=O)OC[C@H](COP(=O)(O)OC[C@@H](O)CO)OC(=O)C/C=C\C[C@H]1[C@@H](/C=C/[C@H](O)CCCCC)[C@H](O)C[C@@H]1O. The van der Waals surface area contributed by atoms with Crippen molar-refractivity contribution < 1.29 is 63.1 Å². The number of phosphoric ester groups is 1. The van der Waals surface area contributed by atoms with Crippen molar-refractivity contribution in [1.29, 1.82) is 0 Å². The highest BCUT2D eigenvalue weighted by Crippen LogP contribution is 2.43. The summed E-state index contributed by atoms with van der Waals surface area (Å²) in [5.41, 5.74) is 0. The monoisotopic (exact) mass is 866 g/mol. The van der Waals surface area contributed by atoms with E-state index in [1.54, 1.807) is 18.2 Å². The van der Waals surface area contributed by atoms with Crippen LogP contribution in [0.15, 0.2) is 85.1 Å². The molecule has 0 spiro atoms. The molecule has 342 valence electrons. The summed E-state index contributed by atoms with van der Waals surface area (Å²) >= 11 is 0. The van der Waals surface area contributed by atoms with Crippen LogP contribution in [0.1, 0.15) is 123 Å². The molecule has 1 aliphatic carbocycles. The van der Waals surface area contributed by atoms with Crippen LogP contribution in [0.3, 0.4) is 0 Å². The van der Waals surface area contributed by atoms with Crippen molar-refractivity contribution in [1.82, 2.24) is 0 Å². The third-order valence-electron chi connectivity index (χ3n) is 9.64. The Morgan fingerprint density at radius 1 is 0.717 bits per heavy atom. The van der Waals surface area contributed by atoms with E-state index in [1.807, 2.05) is 18.2 Å². The van der Waals surface area contributed by atoms with Gasteiger partial charge in [0.2, 0.25) is 0 Å². The molecule has 0 bridgehead atoms. The van der Waals surface area contributed by atoms with Crippen LogP contribution in [0.4, 0.5) is 0 Å². The molecule has 0 aliphatic heterocycles. The minimum atomic E-state index is -4.73. The molecule has 1 fully saturated rings. The van der Waals surface area contributed by atoms with E-state index in [-0.39, 0.29) is 31.1 Å². The van der Waals surface area contributed by atoms with Crippen molar-refractivity contribution in [3.05, 3.63) is 85.1 Å². The van der Waals surface area contributed by atoms with E-state index >= 15 is 0 Å². The summed E-state index contributed by atoms with van der Waals surface area (Å²) in [6.07, 6.45) is 35.5.